The highest BCUT2D eigenvalue weighted by atomic mass is 16.2. The number of nitrogens with two attached hydrogens (primary N) is 2. The van der Waals surface area contributed by atoms with E-state index in [2.05, 4.69) is 0 Å². The summed E-state index contributed by atoms with van der Waals surface area (Å²) in [4.78, 5) is 21.3. The summed E-state index contributed by atoms with van der Waals surface area (Å²) in [5.41, 5.74) is 10.3. The second kappa shape index (κ2) is 6.54. The minimum absolute atomic E-state index is 0.531. The van der Waals surface area contributed by atoms with E-state index in [1.54, 1.807) is 0 Å². The Bertz CT molecular complexity index is 200. The molecule has 1 aliphatic rings. The number of rotatable bonds is 4. The SMILES string of the molecule is CC.NC(=O)C(=O)C(N)CC1CCC1. The molecule has 0 aliphatic heterocycles. The summed E-state index contributed by atoms with van der Waals surface area (Å²) < 4.78 is 0. The molecule has 1 unspecified atom stereocenters. The van der Waals surface area contributed by atoms with Gasteiger partial charge in [-0.05, 0) is 12.3 Å². The Morgan fingerprint density at radius 3 is 2.14 bits per heavy atom. The maximum absolute atomic E-state index is 10.9. The summed E-state index contributed by atoms with van der Waals surface area (Å²) in [7, 11) is 0. The van der Waals surface area contributed by atoms with E-state index < -0.39 is 17.7 Å². The number of carbonyl (C=O) groups is 2. The Labute approximate surface area is 85.0 Å². The molecule has 4 heteroatoms. The number of Topliss-reactive ketones (excluding diaryl/α,β-unsaturated/α-hetero) is 1. The summed E-state index contributed by atoms with van der Waals surface area (Å²) >= 11 is 0. The molecule has 0 radical (unpaired) electrons. The topological polar surface area (TPSA) is 86.2 Å². The molecule has 1 amide bonds. The summed E-state index contributed by atoms with van der Waals surface area (Å²) in [5.74, 6) is -1.02. The average Bonchev–Trinajstić information content (AvgIpc) is 2.13. The van der Waals surface area contributed by atoms with Crippen LogP contribution in [0.5, 0.6) is 0 Å². The van der Waals surface area contributed by atoms with E-state index in [0.717, 1.165) is 12.8 Å². The van der Waals surface area contributed by atoms with Crippen molar-refractivity contribution in [1.29, 1.82) is 0 Å². The van der Waals surface area contributed by atoms with Crippen molar-refractivity contribution in [3.8, 4) is 0 Å². The van der Waals surface area contributed by atoms with Crippen molar-refractivity contribution < 1.29 is 9.59 Å². The van der Waals surface area contributed by atoms with Gasteiger partial charge in [-0.2, -0.15) is 0 Å². The molecule has 0 aromatic carbocycles. The van der Waals surface area contributed by atoms with Gasteiger partial charge in [-0.3, -0.25) is 9.59 Å². The van der Waals surface area contributed by atoms with E-state index in [-0.39, 0.29) is 0 Å². The molecule has 1 rings (SSSR count). The zero-order chi connectivity index (χ0) is 11.1. The normalized spacial score (nSPS) is 17.4. The van der Waals surface area contributed by atoms with E-state index in [4.69, 9.17) is 11.5 Å². The molecule has 1 fully saturated rings. The van der Waals surface area contributed by atoms with Crippen LogP contribution < -0.4 is 11.5 Å². The Kier molecular flexibility index (Phi) is 6.12. The molecule has 4 N–H and O–H groups in total. The standard InChI is InChI=1S/C8H14N2O2.C2H6/c9-6(7(11)8(10)12)4-5-2-1-3-5;1-2/h5-6H,1-4,9H2,(H2,10,12);1-2H3. The molecular formula is C10H20N2O2. The van der Waals surface area contributed by atoms with Gasteiger partial charge >= 0.3 is 0 Å². The lowest BCUT2D eigenvalue weighted by atomic mass is 9.80. The first kappa shape index (κ1) is 13.1. The van der Waals surface area contributed by atoms with Gasteiger partial charge < -0.3 is 11.5 Å². The van der Waals surface area contributed by atoms with E-state index >= 15 is 0 Å². The fraction of sp³-hybridized carbons (Fsp3) is 0.800. The number of hydrogen-bond donors (Lipinski definition) is 2. The molecule has 0 heterocycles. The van der Waals surface area contributed by atoms with Crippen molar-refractivity contribution >= 4 is 11.7 Å². The highest BCUT2D eigenvalue weighted by molar-refractivity contribution is 6.37. The monoisotopic (exact) mass is 200 g/mol. The summed E-state index contributed by atoms with van der Waals surface area (Å²) in [5, 5.41) is 0. The van der Waals surface area contributed by atoms with Gasteiger partial charge in [-0.25, -0.2) is 0 Å². The van der Waals surface area contributed by atoms with Gasteiger partial charge in [0.15, 0.2) is 0 Å². The Morgan fingerprint density at radius 1 is 1.36 bits per heavy atom. The zero-order valence-electron chi connectivity index (χ0n) is 8.95. The quantitative estimate of drug-likeness (QED) is 0.651. The molecule has 4 nitrogen and oxygen atoms in total. The summed E-state index contributed by atoms with van der Waals surface area (Å²) in [6.45, 7) is 4.00. The maximum Gasteiger partial charge on any atom is 0.286 e. The fourth-order valence-corrected chi connectivity index (χ4v) is 1.38. The molecule has 0 aromatic heterocycles. The van der Waals surface area contributed by atoms with Crippen LogP contribution in [0.4, 0.5) is 0 Å². The van der Waals surface area contributed by atoms with Gasteiger partial charge in [0.2, 0.25) is 5.78 Å². The third kappa shape index (κ3) is 3.87. The second-order valence-corrected chi connectivity index (χ2v) is 3.37. The first-order chi connectivity index (χ1) is 6.61. The third-order valence-corrected chi connectivity index (χ3v) is 2.39. The Balaban J connectivity index is 0.000000791. The number of amides is 1. The maximum atomic E-state index is 10.9. The molecular weight excluding hydrogens is 180 g/mol. The van der Waals surface area contributed by atoms with Crippen molar-refractivity contribution in [2.75, 3.05) is 0 Å². The molecule has 0 spiro atoms. The van der Waals surface area contributed by atoms with E-state index in [0.29, 0.717) is 12.3 Å². The molecule has 1 aliphatic carbocycles. The van der Waals surface area contributed by atoms with Crippen LogP contribution in [-0.4, -0.2) is 17.7 Å². The summed E-state index contributed by atoms with van der Waals surface area (Å²) in [6.07, 6.45) is 4.07. The van der Waals surface area contributed by atoms with Gasteiger partial charge in [-0.15, -0.1) is 0 Å². The first-order valence-electron chi connectivity index (χ1n) is 5.20. The van der Waals surface area contributed by atoms with Crippen molar-refractivity contribution in [3.05, 3.63) is 0 Å². The Morgan fingerprint density at radius 2 is 1.86 bits per heavy atom. The van der Waals surface area contributed by atoms with Crippen LogP contribution in [0.25, 0.3) is 0 Å². The van der Waals surface area contributed by atoms with E-state index in [1.165, 1.54) is 6.42 Å². The van der Waals surface area contributed by atoms with Crippen LogP contribution in [-0.2, 0) is 9.59 Å². The van der Waals surface area contributed by atoms with E-state index in [1.807, 2.05) is 13.8 Å². The Hall–Kier alpha value is -0.900. The average molecular weight is 200 g/mol. The predicted molar refractivity (Wildman–Crippen MR) is 55.5 cm³/mol. The lowest BCUT2D eigenvalue weighted by Crippen LogP contribution is -2.41. The van der Waals surface area contributed by atoms with Gasteiger partial charge in [0.1, 0.15) is 0 Å². The van der Waals surface area contributed by atoms with Crippen LogP contribution in [0, 0.1) is 5.92 Å². The highest BCUT2D eigenvalue weighted by Crippen LogP contribution is 2.30. The molecule has 1 saturated carbocycles. The van der Waals surface area contributed by atoms with Crippen molar-refractivity contribution in [1.82, 2.24) is 0 Å². The van der Waals surface area contributed by atoms with Crippen LogP contribution in [0.2, 0.25) is 0 Å². The van der Waals surface area contributed by atoms with E-state index in [9.17, 15) is 9.59 Å². The molecule has 0 aromatic rings. The minimum Gasteiger partial charge on any atom is -0.363 e. The highest BCUT2D eigenvalue weighted by Gasteiger charge is 2.26. The lowest BCUT2D eigenvalue weighted by Gasteiger charge is -2.26. The molecule has 82 valence electrons. The van der Waals surface area contributed by atoms with Crippen LogP contribution >= 0.6 is 0 Å². The number of primary amides is 1. The van der Waals surface area contributed by atoms with Gasteiger partial charge in [0.25, 0.3) is 5.91 Å². The molecule has 0 saturated heterocycles. The largest absolute Gasteiger partial charge is 0.363 e. The fourth-order valence-electron chi connectivity index (χ4n) is 1.38. The van der Waals surface area contributed by atoms with Gasteiger partial charge in [-0.1, -0.05) is 33.1 Å². The molecule has 14 heavy (non-hydrogen) atoms. The van der Waals surface area contributed by atoms with Crippen molar-refractivity contribution in [2.24, 2.45) is 17.4 Å². The van der Waals surface area contributed by atoms with Crippen LogP contribution in [0.1, 0.15) is 39.5 Å². The van der Waals surface area contributed by atoms with Crippen molar-refractivity contribution in [3.63, 3.8) is 0 Å². The number of carbonyl (C=O) groups excluding carboxylic acids is 2. The summed E-state index contributed by atoms with van der Waals surface area (Å²) in [6, 6.07) is -0.673. The molecule has 1 atom stereocenters. The van der Waals surface area contributed by atoms with Crippen LogP contribution in [0.3, 0.4) is 0 Å². The second-order valence-electron chi connectivity index (χ2n) is 3.37. The minimum atomic E-state index is -0.915. The van der Waals surface area contributed by atoms with Gasteiger partial charge in [0.05, 0.1) is 6.04 Å². The number of hydrogen-bond acceptors (Lipinski definition) is 3. The van der Waals surface area contributed by atoms with Crippen LogP contribution in [0.15, 0.2) is 0 Å². The first-order valence-corrected chi connectivity index (χ1v) is 5.20. The van der Waals surface area contributed by atoms with Gasteiger partial charge in [0, 0.05) is 0 Å². The predicted octanol–water partition coefficient (Wildman–Crippen LogP) is 0.584. The number of ketones is 1. The van der Waals surface area contributed by atoms with Crippen molar-refractivity contribution in [2.45, 2.75) is 45.6 Å². The lowest BCUT2D eigenvalue weighted by molar-refractivity contribution is -0.137. The zero-order valence-corrected chi connectivity index (χ0v) is 8.95. The smallest absolute Gasteiger partial charge is 0.286 e. The third-order valence-electron chi connectivity index (χ3n) is 2.39. The molecule has 0 bridgehead atoms.